The van der Waals surface area contributed by atoms with Crippen LogP contribution in [0.25, 0.3) is 11.0 Å². The molecule has 1 saturated heterocycles. The molecule has 0 saturated carbocycles. The maximum Gasteiger partial charge on any atom is 0.347 e. The van der Waals surface area contributed by atoms with Gasteiger partial charge in [-0.1, -0.05) is 0 Å². The molecule has 1 aromatic heterocycles. The van der Waals surface area contributed by atoms with Crippen LogP contribution in [0.15, 0.2) is 15.3 Å². The van der Waals surface area contributed by atoms with Crippen LogP contribution in [0.2, 0.25) is 0 Å². The Labute approximate surface area is 148 Å². The van der Waals surface area contributed by atoms with Crippen molar-refractivity contribution in [1.29, 1.82) is 0 Å². The van der Waals surface area contributed by atoms with E-state index in [0.717, 1.165) is 5.56 Å². The Hall–Kier alpha value is -2.38. The minimum atomic E-state index is -0.589. The molecule has 3 aliphatic rings. The summed E-state index contributed by atoms with van der Waals surface area (Å²) < 4.78 is 28.4. The fraction of sp³-hybridized carbons (Fsp3) is 0.474. The molecule has 0 bridgehead atoms. The lowest BCUT2D eigenvalue weighted by atomic mass is 9.93. The van der Waals surface area contributed by atoms with Crippen LogP contribution < -0.4 is 15.1 Å². The second-order valence-corrected chi connectivity index (χ2v) is 6.71. The number of carbonyl (C=O) groups excluding carboxylic acids is 1. The fourth-order valence-corrected chi connectivity index (χ4v) is 4.32. The van der Waals surface area contributed by atoms with Gasteiger partial charge in [0.25, 0.3) is 0 Å². The highest BCUT2D eigenvalue weighted by Gasteiger charge is 2.47. The van der Waals surface area contributed by atoms with Crippen LogP contribution in [-0.2, 0) is 15.9 Å². The summed E-state index contributed by atoms with van der Waals surface area (Å²) in [5.74, 6) is 0.864. The van der Waals surface area contributed by atoms with Crippen molar-refractivity contribution in [3.8, 4) is 11.5 Å². The van der Waals surface area contributed by atoms with Gasteiger partial charge in [-0.3, -0.25) is 4.79 Å². The van der Waals surface area contributed by atoms with E-state index in [1.807, 2.05) is 6.92 Å². The number of Topliss-reactive ketones (excluding diaryl/α,β-unsaturated/α-hetero) is 1. The Morgan fingerprint density at radius 1 is 1.27 bits per heavy atom. The first-order valence-corrected chi connectivity index (χ1v) is 8.79. The van der Waals surface area contributed by atoms with Crippen molar-refractivity contribution in [3.05, 3.63) is 33.2 Å². The molecule has 3 heterocycles. The Bertz CT molecular complexity index is 990. The number of carbonyl (C=O) groups is 1. The topological polar surface area (TPSA) is 84.2 Å². The van der Waals surface area contributed by atoms with E-state index in [1.54, 1.807) is 13.2 Å². The summed E-state index contributed by atoms with van der Waals surface area (Å²) in [6.07, 6.45) is 0.628. The number of benzene rings is 1. The van der Waals surface area contributed by atoms with Gasteiger partial charge in [0, 0.05) is 31.1 Å². The summed E-state index contributed by atoms with van der Waals surface area (Å²) in [5.41, 5.74) is 1.51. The highest BCUT2D eigenvalue weighted by atomic mass is 16.8. The minimum Gasteiger partial charge on any atom is -0.496 e. The molecule has 7 nitrogen and oxygen atoms in total. The standard InChI is InChI=1S/C19H18O7/c1-3-23-13-6-9-16-12(24-19(9)25-13)7-11(22-2)15-8-4-5-10(20)14(8)18(21)26-17(15)16/h7,9,13,19H,3-6H2,1-2H3. The molecule has 2 aliphatic heterocycles. The molecule has 0 spiro atoms. The van der Waals surface area contributed by atoms with E-state index in [4.69, 9.17) is 23.4 Å². The van der Waals surface area contributed by atoms with E-state index >= 15 is 0 Å². The first-order valence-electron chi connectivity index (χ1n) is 8.79. The molecule has 1 aliphatic carbocycles. The molecule has 26 heavy (non-hydrogen) atoms. The van der Waals surface area contributed by atoms with Gasteiger partial charge in [0.05, 0.1) is 18.4 Å². The first kappa shape index (κ1) is 15.8. The molecular weight excluding hydrogens is 340 g/mol. The SMILES string of the molecule is CCOC1CC2c3c(cc(OC)c4c5c(c(=O)oc34)C(=O)CC5)OC2O1. The Morgan fingerprint density at radius 3 is 2.88 bits per heavy atom. The summed E-state index contributed by atoms with van der Waals surface area (Å²) in [4.78, 5) is 24.6. The van der Waals surface area contributed by atoms with Gasteiger partial charge in [-0.25, -0.2) is 4.79 Å². The molecule has 136 valence electrons. The third-order valence-electron chi connectivity index (χ3n) is 5.38. The lowest BCUT2D eigenvalue weighted by molar-refractivity contribution is -0.172. The number of hydrogen-bond donors (Lipinski definition) is 0. The molecule has 3 atom stereocenters. The number of rotatable bonds is 3. The molecule has 5 rings (SSSR count). The lowest BCUT2D eigenvalue weighted by Crippen LogP contribution is -2.18. The van der Waals surface area contributed by atoms with Crippen molar-refractivity contribution < 1.29 is 28.2 Å². The van der Waals surface area contributed by atoms with E-state index in [1.165, 1.54) is 0 Å². The zero-order valence-corrected chi connectivity index (χ0v) is 14.5. The van der Waals surface area contributed by atoms with Crippen LogP contribution in [-0.4, -0.2) is 32.1 Å². The van der Waals surface area contributed by atoms with E-state index in [2.05, 4.69) is 0 Å². The molecule has 3 unspecified atom stereocenters. The number of aryl methyl sites for hydroxylation is 1. The Morgan fingerprint density at radius 2 is 2.12 bits per heavy atom. The average Bonchev–Trinajstić information content (AvgIpc) is 3.27. The van der Waals surface area contributed by atoms with E-state index in [9.17, 15) is 9.59 Å². The van der Waals surface area contributed by atoms with Crippen LogP contribution in [0.1, 0.15) is 47.2 Å². The molecule has 2 aromatic rings. The van der Waals surface area contributed by atoms with Crippen molar-refractivity contribution in [3.63, 3.8) is 0 Å². The first-order chi connectivity index (χ1) is 12.6. The van der Waals surface area contributed by atoms with Crippen molar-refractivity contribution in [1.82, 2.24) is 0 Å². The third-order valence-corrected chi connectivity index (χ3v) is 5.38. The zero-order chi connectivity index (χ0) is 18.0. The summed E-state index contributed by atoms with van der Waals surface area (Å²) >= 11 is 0. The van der Waals surface area contributed by atoms with Crippen LogP contribution in [0.3, 0.4) is 0 Å². The van der Waals surface area contributed by atoms with Gasteiger partial charge in [0.15, 0.2) is 12.1 Å². The predicted octanol–water partition coefficient (Wildman–Crippen LogP) is 2.52. The summed E-state index contributed by atoms with van der Waals surface area (Å²) in [5, 5.41) is 0.691. The number of hydrogen-bond acceptors (Lipinski definition) is 7. The number of fused-ring (bicyclic) bond motifs is 7. The molecule has 0 N–H and O–H groups in total. The van der Waals surface area contributed by atoms with Crippen LogP contribution in [0.5, 0.6) is 11.5 Å². The van der Waals surface area contributed by atoms with Crippen molar-refractivity contribution in [2.45, 2.75) is 44.7 Å². The van der Waals surface area contributed by atoms with E-state index in [0.29, 0.717) is 53.9 Å². The number of ether oxygens (including phenoxy) is 4. The number of methoxy groups -OCH3 is 1. The van der Waals surface area contributed by atoms with Crippen LogP contribution in [0, 0.1) is 0 Å². The summed E-state index contributed by atoms with van der Waals surface area (Å²) in [6.45, 7) is 2.46. The number of ketones is 1. The van der Waals surface area contributed by atoms with Gasteiger partial charge in [0.2, 0.25) is 6.29 Å². The second-order valence-electron chi connectivity index (χ2n) is 6.71. The lowest BCUT2D eigenvalue weighted by Gasteiger charge is -2.15. The smallest absolute Gasteiger partial charge is 0.347 e. The summed E-state index contributed by atoms with van der Waals surface area (Å²) in [6, 6.07) is 1.79. The monoisotopic (exact) mass is 358 g/mol. The fourth-order valence-electron chi connectivity index (χ4n) is 4.32. The molecule has 7 heteroatoms. The largest absolute Gasteiger partial charge is 0.496 e. The van der Waals surface area contributed by atoms with Crippen molar-refractivity contribution in [2.24, 2.45) is 0 Å². The van der Waals surface area contributed by atoms with Gasteiger partial charge >= 0.3 is 5.63 Å². The normalized spacial score (nSPS) is 25.9. The molecule has 0 amide bonds. The third kappa shape index (κ3) is 2.01. The maximum absolute atomic E-state index is 12.5. The Balaban J connectivity index is 1.76. The van der Waals surface area contributed by atoms with Gasteiger partial charge in [-0.05, 0) is 18.9 Å². The molecule has 0 radical (unpaired) electrons. The van der Waals surface area contributed by atoms with Crippen LogP contribution >= 0.6 is 0 Å². The summed E-state index contributed by atoms with van der Waals surface area (Å²) in [7, 11) is 1.55. The zero-order valence-electron chi connectivity index (χ0n) is 14.5. The van der Waals surface area contributed by atoms with Gasteiger partial charge < -0.3 is 23.4 Å². The Kier molecular flexibility index (Phi) is 3.39. The average molecular weight is 358 g/mol. The highest BCUT2D eigenvalue weighted by Crippen LogP contribution is 2.52. The molecular formula is C19H18O7. The van der Waals surface area contributed by atoms with Gasteiger partial charge in [0.1, 0.15) is 22.6 Å². The predicted molar refractivity (Wildman–Crippen MR) is 90.0 cm³/mol. The second kappa shape index (κ2) is 5.56. The van der Waals surface area contributed by atoms with E-state index < -0.39 is 11.9 Å². The maximum atomic E-state index is 12.5. The van der Waals surface area contributed by atoms with E-state index in [-0.39, 0.29) is 23.6 Å². The van der Waals surface area contributed by atoms with Gasteiger partial charge in [-0.15, -0.1) is 0 Å². The van der Waals surface area contributed by atoms with Crippen LogP contribution in [0.4, 0.5) is 0 Å². The highest BCUT2D eigenvalue weighted by molar-refractivity contribution is 6.06. The van der Waals surface area contributed by atoms with Gasteiger partial charge in [-0.2, -0.15) is 0 Å². The quantitative estimate of drug-likeness (QED) is 0.780. The van der Waals surface area contributed by atoms with Crippen molar-refractivity contribution in [2.75, 3.05) is 13.7 Å². The molecule has 1 aromatic carbocycles. The minimum absolute atomic E-state index is 0.0896. The molecule has 1 fully saturated rings. The van der Waals surface area contributed by atoms with Crippen molar-refractivity contribution >= 4 is 16.8 Å².